The molecular formula is C23H32FN. The standard InChI is InChI=1S/C23H32FN/c1-6-8-12-21(19-13-15-20(24)16-14-19)25-22(7-2)23(4,5)17(3)18-10-9-11-18/h7,13-16H,6,8-12H2,1-5H3/b22-7-,25-21+. The molecule has 1 aliphatic carbocycles. The number of unbranched alkanes of at least 4 members (excludes halogenated alkanes) is 1. The number of allylic oxidation sites excluding steroid dienone is 3. The molecule has 1 saturated carbocycles. The van der Waals surface area contributed by atoms with Gasteiger partial charge in [0.1, 0.15) is 5.82 Å². The summed E-state index contributed by atoms with van der Waals surface area (Å²) in [4.78, 5) is 5.09. The Morgan fingerprint density at radius 1 is 1.20 bits per heavy atom. The molecule has 0 radical (unpaired) electrons. The number of benzene rings is 1. The van der Waals surface area contributed by atoms with Crippen LogP contribution >= 0.6 is 0 Å². The van der Waals surface area contributed by atoms with Crippen LogP contribution in [0.4, 0.5) is 4.39 Å². The number of halogens is 1. The van der Waals surface area contributed by atoms with E-state index in [2.05, 4.69) is 40.7 Å². The van der Waals surface area contributed by atoms with E-state index in [1.165, 1.54) is 37.0 Å². The fourth-order valence-corrected chi connectivity index (χ4v) is 3.32. The van der Waals surface area contributed by atoms with Gasteiger partial charge >= 0.3 is 0 Å². The molecule has 1 nitrogen and oxygen atoms in total. The van der Waals surface area contributed by atoms with Gasteiger partial charge in [0.2, 0.25) is 0 Å². The van der Waals surface area contributed by atoms with E-state index >= 15 is 0 Å². The minimum absolute atomic E-state index is 0.0675. The maximum atomic E-state index is 13.3. The summed E-state index contributed by atoms with van der Waals surface area (Å²) >= 11 is 0. The second-order valence-electron chi connectivity index (χ2n) is 7.55. The molecular weight excluding hydrogens is 309 g/mol. The predicted octanol–water partition coefficient (Wildman–Crippen LogP) is 7.24. The van der Waals surface area contributed by atoms with Gasteiger partial charge in [0.15, 0.2) is 0 Å². The summed E-state index contributed by atoms with van der Waals surface area (Å²) in [6, 6.07) is 6.75. The van der Waals surface area contributed by atoms with Crippen LogP contribution in [0.25, 0.3) is 0 Å². The van der Waals surface area contributed by atoms with Gasteiger partial charge < -0.3 is 0 Å². The molecule has 0 amide bonds. The first kappa shape index (κ1) is 19.6. The number of nitrogens with zero attached hydrogens (tertiary/aromatic N) is 1. The number of hydrogen-bond acceptors (Lipinski definition) is 1. The van der Waals surface area contributed by atoms with Gasteiger partial charge in [0.05, 0.1) is 0 Å². The number of aliphatic imine (C=N–C) groups is 1. The molecule has 25 heavy (non-hydrogen) atoms. The first-order chi connectivity index (χ1) is 11.9. The number of rotatable bonds is 7. The Morgan fingerprint density at radius 2 is 1.84 bits per heavy atom. The van der Waals surface area contributed by atoms with E-state index in [9.17, 15) is 4.39 Å². The van der Waals surface area contributed by atoms with E-state index in [1.54, 1.807) is 5.57 Å². The first-order valence-electron chi connectivity index (χ1n) is 9.59. The normalized spacial score (nSPS) is 16.0. The maximum Gasteiger partial charge on any atom is 0.123 e. The minimum atomic E-state index is -0.198. The lowest BCUT2D eigenvalue weighted by Crippen LogP contribution is -2.20. The van der Waals surface area contributed by atoms with Crippen LogP contribution in [0.5, 0.6) is 0 Å². The highest BCUT2D eigenvalue weighted by molar-refractivity contribution is 6.01. The van der Waals surface area contributed by atoms with Crippen molar-refractivity contribution in [3.8, 4) is 0 Å². The van der Waals surface area contributed by atoms with E-state index in [-0.39, 0.29) is 11.2 Å². The van der Waals surface area contributed by atoms with Gasteiger partial charge in [0, 0.05) is 16.8 Å². The Balaban J connectivity index is 2.39. The molecule has 0 heterocycles. The van der Waals surface area contributed by atoms with Crippen molar-refractivity contribution in [1.82, 2.24) is 0 Å². The van der Waals surface area contributed by atoms with E-state index < -0.39 is 0 Å². The molecule has 0 aliphatic heterocycles. The van der Waals surface area contributed by atoms with Crippen LogP contribution in [0, 0.1) is 11.2 Å². The average molecular weight is 342 g/mol. The molecule has 1 aliphatic rings. The summed E-state index contributed by atoms with van der Waals surface area (Å²) in [6.45, 7) is 11.1. The second kappa shape index (κ2) is 8.60. The van der Waals surface area contributed by atoms with Crippen LogP contribution in [0.2, 0.25) is 0 Å². The monoisotopic (exact) mass is 341 g/mol. The molecule has 0 atom stereocenters. The highest BCUT2D eigenvalue weighted by Gasteiger charge is 2.29. The van der Waals surface area contributed by atoms with Crippen molar-refractivity contribution in [2.75, 3.05) is 0 Å². The van der Waals surface area contributed by atoms with Gasteiger partial charge in [-0.1, -0.05) is 56.5 Å². The van der Waals surface area contributed by atoms with Crippen molar-refractivity contribution >= 4 is 5.71 Å². The van der Waals surface area contributed by atoms with E-state index in [1.807, 2.05) is 12.1 Å². The van der Waals surface area contributed by atoms with Crippen LogP contribution in [0.15, 0.2) is 52.2 Å². The largest absolute Gasteiger partial charge is 0.257 e. The predicted molar refractivity (Wildman–Crippen MR) is 107 cm³/mol. The molecule has 0 N–H and O–H groups in total. The first-order valence-corrected chi connectivity index (χ1v) is 9.59. The number of hydrogen-bond donors (Lipinski definition) is 0. The zero-order chi connectivity index (χ0) is 18.4. The molecule has 0 spiro atoms. The van der Waals surface area contributed by atoms with E-state index in [4.69, 9.17) is 4.99 Å². The SMILES string of the molecule is C/C=C(\N=C(/CCCC)c1ccc(F)cc1)C(C)(C)C(C)=C1CCC1. The van der Waals surface area contributed by atoms with E-state index in [0.717, 1.165) is 36.2 Å². The van der Waals surface area contributed by atoms with Gasteiger partial charge in [-0.05, 0) is 63.6 Å². The van der Waals surface area contributed by atoms with Crippen molar-refractivity contribution in [3.05, 3.63) is 58.6 Å². The lowest BCUT2D eigenvalue weighted by molar-refractivity contribution is 0.500. The molecule has 1 fully saturated rings. The smallest absolute Gasteiger partial charge is 0.123 e. The quantitative estimate of drug-likeness (QED) is 0.366. The van der Waals surface area contributed by atoms with Gasteiger partial charge in [-0.3, -0.25) is 4.99 Å². The minimum Gasteiger partial charge on any atom is -0.257 e. The van der Waals surface area contributed by atoms with Crippen LogP contribution in [-0.4, -0.2) is 5.71 Å². The molecule has 0 unspecified atom stereocenters. The summed E-state index contributed by atoms with van der Waals surface area (Å²) in [5.74, 6) is -0.198. The van der Waals surface area contributed by atoms with Crippen molar-refractivity contribution in [1.29, 1.82) is 0 Å². The molecule has 136 valence electrons. The highest BCUT2D eigenvalue weighted by atomic mass is 19.1. The average Bonchev–Trinajstić information content (AvgIpc) is 2.54. The van der Waals surface area contributed by atoms with Crippen molar-refractivity contribution in [3.63, 3.8) is 0 Å². The van der Waals surface area contributed by atoms with Crippen LogP contribution in [0.1, 0.15) is 78.7 Å². The summed E-state index contributed by atoms with van der Waals surface area (Å²) in [7, 11) is 0. The maximum absolute atomic E-state index is 13.3. The van der Waals surface area contributed by atoms with Crippen LogP contribution in [0.3, 0.4) is 0 Å². The van der Waals surface area contributed by atoms with Gasteiger partial charge in [-0.2, -0.15) is 0 Å². The van der Waals surface area contributed by atoms with E-state index in [0.29, 0.717) is 0 Å². The lowest BCUT2D eigenvalue weighted by atomic mass is 9.74. The van der Waals surface area contributed by atoms with Gasteiger partial charge in [-0.25, -0.2) is 4.39 Å². The Morgan fingerprint density at radius 3 is 2.32 bits per heavy atom. The summed E-state index contributed by atoms with van der Waals surface area (Å²) < 4.78 is 13.3. The molecule has 0 bridgehead atoms. The van der Waals surface area contributed by atoms with Crippen LogP contribution < -0.4 is 0 Å². The fraction of sp³-hybridized carbons (Fsp3) is 0.522. The third kappa shape index (κ3) is 4.68. The Labute approximate surface area is 152 Å². The Hall–Kier alpha value is -1.70. The van der Waals surface area contributed by atoms with Gasteiger partial charge in [-0.15, -0.1) is 0 Å². The zero-order valence-electron chi connectivity index (χ0n) is 16.5. The highest BCUT2D eigenvalue weighted by Crippen LogP contribution is 2.42. The third-order valence-electron chi connectivity index (χ3n) is 5.54. The molecule has 1 aromatic carbocycles. The topological polar surface area (TPSA) is 12.4 Å². The molecule has 2 rings (SSSR count). The fourth-order valence-electron chi connectivity index (χ4n) is 3.32. The Kier molecular flexibility index (Phi) is 6.75. The van der Waals surface area contributed by atoms with Crippen LogP contribution in [-0.2, 0) is 0 Å². The summed E-state index contributed by atoms with van der Waals surface area (Å²) in [5.41, 5.74) is 6.19. The second-order valence-corrected chi connectivity index (χ2v) is 7.55. The molecule has 0 saturated heterocycles. The summed E-state index contributed by atoms with van der Waals surface area (Å²) in [6.07, 6.45) is 9.05. The van der Waals surface area contributed by atoms with Gasteiger partial charge in [0.25, 0.3) is 0 Å². The van der Waals surface area contributed by atoms with Crippen molar-refractivity contribution in [2.24, 2.45) is 10.4 Å². The van der Waals surface area contributed by atoms with Crippen molar-refractivity contribution in [2.45, 2.75) is 73.1 Å². The molecule has 1 aromatic rings. The molecule has 2 heteroatoms. The molecule has 0 aromatic heterocycles. The van der Waals surface area contributed by atoms with Crippen molar-refractivity contribution < 1.29 is 4.39 Å². The Bertz CT molecular complexity index is 669. The lowest BCUT2D eigenvalue weighted by Gasteiger charge is -2.33. The third-order valence-corrected chi connectivity index (χ3v) is 5.54. The summed E-state index contributed by atoms with van der Waals surface area (Å²) in [5, 5.41) is 0. The zero-order valence-corrected chi connectivity index (χ0v) is 16.5.